The Kier molecular flexibility index (Phi) is 5.76. The van der Waals surface area contributed by atoms with Crippen LogP contribution in [-0.2, 0) is 4.79 Å². The van der Waals surface area contributed by atoms with E-state index in [1.54, 1.807) is 21.9 Å². The monoisotopic (exact) mass is 358 g/mol. The van der Waals surface area contributed by atoms with Gasteiger partial charge < -0.3 is 14.5 Å². The fraction of sp³-hybridized carbons (Fsp3) is 0.500. The van der Waals surface area contributed by atoms with Crippen molar-refractivity contribution >= 4 is 35.0 Å². The molecule has 5 nitrogen and oxygen atoms in total. The van der Waals surface area contributed by atoms with E-state index in [2.05, 4.69) is 0 Å². The van der Waals surface area contributed by atoms with E-state index in [4.69, 9.17) is 27.9 Å². The van der Waals surface area contributed by atoms with Crippen LogP contribution in [0.5, 0.6) is 5.75 Å². The highest BCUT2D eigenvalue weighted by molar-refractivity contribution is 6.37. The zero-order valence-electron chi connectivity index (χ0n) is 13.4. The third kappa shape index (κ3) is 3.72. The summed E-state index contributed by atoms with van der Waals surface area (Å²) in [7, 11) is 1.45. The van der Waals surface area contributed by atoms with Gasteiger partial charge >= 0.3 is 0 Å². The van der Waals surface area contributed by atoms with Gasteiger partial charge in [-0.25, -0.2) is 0 Å². The summed E-state index contributed by atoms with van der Waals surface area (Å²) in [6.45, 7) is 5.70. The van der Waals surface area contributed by atoms with Gasteiger partial charge in [0, 0.05) is 32.1 Å². The number of halogens is 2. The molecule has 23 heavy (non-hydrogen) atoms. The molecule has 0 spiro atoms. The Morgan fingerprint density at radius 1 is 1.04 bits per heavy atom. The average Bonchev–Trinajstić information content (AvgIpc) is 2.55. The first-order valence-electron chi connectivity index (χ1n) is 7.46. The van der Waals surface area contributed by atoms with E-state index in [1.807, 2.05) is 13.8 Å². The number of methoxy groups -OCH3 is 1. The summed E-state index contributed by atoms with van der Waals surface area (Å²) in [5, 5.41) is 0.644. The Hall–Kier alpha value is -1.46. The van der Waals surface area contributed by atoms with Gasteiger partial charge in [-0.15, -0.1) is 0 Å². The van der Waals surface area contributed by atoms with Crippen LogP contribution in [0.4, 0.5) is 0 Å². The normalized spacial score (nSPS) is 15.0. The number of carbonyl (C=O) groups excluding carboxylic acids is 2. The number of ether oxygens (including phenoxy) is 1. The van der Waals surface area contributed by atoms with Gasteiger partial charge in [0.05, 0.1) is 17.2 Å². The van der Waals surface area contributed by atoms with Gasteiger partial charge in [-0.1, -0.05) is 37.0 Å². The molecule has 0 radical (unpaired) electrons. The molecule has 1 heterocycles. The van der Waals surface area contributed by atoms with Crippen LogP contribution in [0.2, 0.25) is 10.0 Å². The first-order valence-corrected chi connectivity index (χ1v) is 8.22. The Morgan fingerprint density at radius 2 is 1.57 bits per heavy atom. The van der Waals surface area contributed by atoms with E-state index in [0.29, 0.717) is 36.2 Å². The molecule has 0 saturated carbocycles. The summed E-state index contributed by atoms with van der Waals surface area (Å²) in [4.78, 5) is 28.2. The van der Waals surface area contributed by atoms with Gasteiger partial charge in [-0.3, -0.25) is 9.59 Å². The maximum Gasteiger partial charge on any atom is 0.259 e. The summed E-state index contributed by atoms with van der Waals surface area (Å²) >= 11 is 12.2. The zero-order valence-corrected chi connectivity index (χ0v) is 14.9. The predicted molar refractivity (Wildman–Crippen MR) is 90.3 cm³/mol. The molecule has 0 bridgehead atoms. The molecule has 0 atom stereocenters. The lowest BCUT2D eigenvalue weighted by atomic mass is 10.1. The molecule has 0 aliphatic carbocycles. The van der Waals surface area contributed by atoms with E-state index >= 15 is 0 Å². The summed E-state index contributed by atoms with van der Waals surface area (Å²) < 4.78 is 5.23. The number of carbonyl (C=O) groups is 2. The van der Waals surface area contributed by atoms with Gasteiger partial charge in [0.15, 0.2) is 5.75 Å². The second-order valence-corrected chi connectivity index (χ2v) is 6.52. The number of amides is 2. The molecular weight excluding hydrogens is 339 g/mol. The maximum atomic E-state index is 12.8. The molecule has 1 fully saturated rings. The van der Waals surface area contributed by atoms with Crippen molar-refractivity contribution in [2.24, 2.45) is 5.92 Å². The lowest BCUT2D eigenvalue weighted by Crippen LogP contribution is -2.51. The summed E-state index contributed by atoms with van der Waals surface area (Å²) in [6.07, 6.45) is 0. The minimum absolute atomic E-state index is 0.0419. The van der Waals surface area contributed by atoms with Crippen molar-refractivity contribution in [3.05, 3.63) is 27.7 Å². The second-order valence-electron chi connectivity index (χ2n) is 5.71. The molecule has 2 amide bonds. The highest BCUT2D eigenvalue weighted by atomic mass is 35.5. The largest absolute Gasteiger partial charge is 0.494 e. The van der Waals surface area contributed by atoms with Crippen molar-refractivity contribution in [3.63, 3.8) is 0 Å². The Morgan fingerprint density at radius 3 is 2.09 bits per heavy atom. The molecule has 1 aromatic carbocycles. The molecular formula is C16H20Cl2N2O3. The predicted octanol–water partition coefficient (Wildman–Crippen LogP) is 2.94. The van der Waals surface area contributed by atoms with Gasteiger partial charge in [0.1, 0.15) is 5.56 Å². The van der Waals surface area contributed by atoms with Crippen LogP contribution in [0.15, 0.2) is 12.1 Å². The van der Waals surface area contributed by atoms with E-state index in [0.717, 1.165) is 0 Å². The standard InChI is InChI=1S/C16H20Cl2N2O3/c1-10(2)15(21)19-6-8-20(9-7-19)16(22)13-11(17)4-5-12(18)14(13)23-3/h4-5,10H,6-9H2,1-3H3. The van der Waals surface area contributed by atoms with E-state index in [1.165, 1.54) is 7.11 Å². The fourth-order valence-corrected chi connectivity index (χ4v) is 3.05. The van der Waals surface area contributed by atoms with Crippen molar-refractivity contribution in [2.45, 2.75) is 13.8 Å². The maximum absolute atomic E-state index is 12.8. The van der Waals surface area contributed by atoms with Crippen LogP contribution < -0.4 is 4.74 Å². The van der Waals surface area contributed by atoms with Gasteiger partial charge in [0.2, 0.25) is 5.91 Å². The average molecular weight is 359 g/mol. The number of nitrogens with zero attached hydrogens (tertiary/aromatic N) is 2. The van der Waals surface area contributed by atoms with E-state index < -0.39 is 0 Å². The minimum Gasteiger partial charge on any atom is -0.494 e. The molecule has 0 aromatic heterocycles. The fourth-order valence-electron chi connectivity index (χ4n) is 2.59. The topological polar surface area (TPSA) is 49.9 Å². The highest BCUT2D eigenvalue weighted by Crippen LogP contribution is 2.34. The highest BCUT2D eigenvalue weighted by Gasteiger charge is 2.29. The summed E-state index contributed by atoms with van der Waals surface area (Å²) in [6, 6.07) is 3.18. The molecule has 7 heteroatoms. The van der Waals surface area contributed by atoms with Crippen molar-refractivity contribution in [3.8, 4) is 5.75 Å². The van der Waals surface area contributed by atoms with Crippen LogP contribution in [0.25, 0.3) is 0 Å². The van der Waals surface area contributed by atoms with Gasteiger partial charge in [0.25, 0.3) is 5.91 Å². The van der Waals surface area contributed by atoms with E-state index in [9.17, 15) is 9.59 Å². The quantitative estimate of drug-likeness (QED) is 0.834. The molecule has 1 aliphatic heterocycles. The molecule has 126 valence electrons. The first kappa shape index (κ1) is 17.9. The second kappa shape index (κ2) is 7.41. The van der Waals surface area contributed by atoms with Crippen LogP contribution in [0.1, 0.15) is 24.2 Å². The molecule has 0 unspecified atom stereocenters. The minimum atomic E-state index is -0.231. The SMILES string of the molecule is COc1c(Cl)ccc(Cl)c1C(=O)N1CCN(C(=O)C(C)C)CC1. The molecule has 1 saturated heterocycles. The van der Waals surface area contributed by atoms with Crippen molar-refractivity contribution in [2.75, 3.05) is 33.3 Å². The lowest BCUT2D eigenvalue weighted by molar-refractivity contribution is -0.135. The lowest BCUT2D eigenvalue weighted by Gasteiger charge is -2.36. The molecule has 2 rings (SSSR count). The number of hydrogen-bond acceptors (Lipinski definition) is 3. The number of rotatable bonds is 3. The number of hydrogen-bond donors (Lipinski definition) is 0. The summed E-state index contributed by atoms with van der Waals surface area (Å²) in [5.41, 5.74) is 0.269. The number of piperazine rings is 1. The van der Waals surface area contributed by atoms with Crippen molar-refractivity contribution < 1.29 is 14.3 Å². The third-order valence-corrected chi connectivity index (χ3v) is 4.46. The number of benzene rings is 1. The van der Waals surface area contributed by atoms with Gasteiger partial charge in [-0.05, 0) is 12.1 Å². The van der Waals surface area contributed by atoms with Crippen LogP contribution in [0, 0.1) is 5.92 Å². The third-order valence-electron chi connectivity index (χ3n) is 3.85. The van der Waals surface area contributed by atoms with Crippen LogP contribution >= 0.6 is 23.2 Å². The Balaban J connectivity index is 2.15. The van der Waals surface area contributed by atoms with Crippen LogP contribution in [0.3, 0.4) is 0 Å². The first-order chi connectivity index (χ1) is 10.9. The van der Waals surface area contributed by atoms with Crippen molar-refractivity contribution in [1.82, 2.24) is 9.80 Å². The van der Waals surface area contributed by atoms with Crippen molar-refractivity contribution in [1.29, 1.82) is 0 Å². The Labute approximate surface area is 146 Å². The van der Waals surface area contributed by atoms with Crippen LogP contribution in [-0.4, -0.2) is 54.9 Å². The van der Waals surface area contributed by atoms with Gasteiger partial charge in [-0.2, -0.15) is 0 Å². The smallest absolute Gasteiger partial charge is 0.259 e. The molecule has 1 aliphatic rings. The van der Waals surface area contributed by atoms with E-state index in [-0.39, 0.29) is 29.0 Å². The summed E-state index contributed by atoms with van der Waals surface area (Å²) in [5.74, 6) is 0.117. The molecule has 0 N–H and O–H groups in total. The Bertz CT molecular complexity index is 612. The zero-order chi connectivity index (χ0) is 17.1. The molecule has 1 aromatic rings.